The molecule has 1 saturated heterocycles. The minimum absolute atomic E-state index is 0.0245. The first kappa shape index (κ1) is 18.0. The van der Waals surface area contributed by atoms with Crippen LogP contribution in [0.5, 0.6) is 5.75 Å². The van der Waals surface area contributed by atoms with E-state index in [4.69, 9.17) is 9.15 Å². The molecule has 0 aliphatic carbocycles. The van der Waals surface area contributed by atoms with Crippen LogP contribution >= 0.6 is 0 Å². The molecule has 1 aromatic heterocycles. The van der Waals surface area contributed by atoms with E-state index in [2.05, 4.69) is 5.32 Å². The zero-order valence-corrected chi connectivity index (χ0v) is 14.9. The van der Waals surface area contributed by atoms with Crippen molar-refractivity contribution < 1.29 is 18.7 Å². The monoisotopic (exact) mass is 356 g/mol. The Morgan fingerprint density at radius 2 is 2.00 bits per heavy atom. The molecule has 2 aromatic rings. The van der Waals surface area contributed by atoms with Gasteiger partial charge in [0.1, 0.15) is 5.75 Å². The number of methoxy groups -OCH3 is 1. The first-order chi connectivity index (χ1) is 12.7. The second-order valence-electron chi connectivity index (χ2n) is 6.39. The molecule has 2 amide bonds. The number of nitrogens with one attached hydrogen (secondary N) is 1. The van der Waals surface area contributed by atoms with Crippen LogP contribution in [-0.4, -0.2) is 36.9 Å². The largest absolute Gasteiger partial charge is 0.497 e. The number of rotatable bonds is 5. The van der Waals surface area contributed by atoms with Crippen LogP contribution in [0.3, 0.4) is 0 Å². The Morgan fingerprint density at radius 3 is 2.69 bits per heavy atom. The Hall–Kier alpha value is -2.76. The lowest BCUT2D eigenvalue weighted by molar-refractivity contribution is -0.132. The highest BCUT2D eigenvalue weighted by Crippen LogP contribution is 2.31. The summed E-state index contributed by atoms with van der Waals surface area (Å²) < 4.78 is 10.3. The van der Waals surface area contributed by atoms with Crippen LogP contribution in [0.4, 0.5) is 0 Å². The lowest BCUT2D eigenvalue weighted by Gasteiger charge is -2.30. The fourth-order valence-electron chi connectivity index (χ4n) is 3.33. The lowest BCUT2D eigenvalue weighted by atomic mass is 10.0. The summed E-state index contributed by atoms with van der Waals surface area (Å²) in [7, 11) is 1.64. The van der Waals surface area contributed by atoms with Gasteiger partial charge in [-0.05, 0) is 42.7 Å². The van der Waals surface area contributed by atoms with Crippen LogP contribution in [0.25, 0.3) is 0 Å². The highest BCUT2D eigenvalue weighted by molar-refractivity contribution is 5.94. The molecule has 0 radical (unpaired) electrons. The van der Waals surface area contributed by atoms with E-state index in [1.165, 1.54) is 6.26 Å². The summed E-state index contributed by atoms with van der Waals surface area (Å²) in [5, 5.41) is 2.65. The highest BCUT2D eigenvalue weighted by Gasteiger charge is 2.27. The summed E-state index contributed by atoms with van der Waals surface area (Å²) in [5.41, 5.74) is 1.10. The standard InChI is InChI=1S/C20H24N2O4/c1-25-16-10-8-15(9-11-16)17-6-3-2-4-12-22(17)19(23)14-21-20(24)18-7-5-13-26-18/h5,7-11,13,17H,2-4,6,12,14H2,1H3,(H,21,24)/t17-/m0/s1. The van der Waals surface area contributed by atoms with Gasteiger partial charge in [0.15, 0.2) is 5.76 Å². The topological polar surface area (TPSA) is 71.8 Å². The molecule has 1 N–H and O–H groups in total. The molecule has 0 unspecified atom stereocenters. The molecule has 138 valence electrons. The summed E-state index contributed by atoms with van der Waals surface area (Å²) in [4.78, 5) is 26.7. The van der Waals surface area contributed by atoms with Crippen molar-refractivity contribution in [2.24, 2.45) is 0 Å². The fourth-order valence-corrected chi connectivity index (χ4v) is 3.33. The molecule has 6 nitrogen and oxygen atoms in total. The van der Waals surface area contributed by atoms with Crippen LogP contribution in [0.1, 0.15) is 47.8 Å². The molecule has 1 aliphatic heterocycles. The van der Waals surface area contributed by atoms with Crippen LogP contribution in [0.15, 0.2) is 47.1 Å². The molecule has 0 bridgehead atoms. The first-order valence-corrected chi connectivity index (χ1v) is 8.94. The van der Waals surface area contributed by atoms with Gasteiger partial charge in [0, 0.05) is 6.54 Å². The summed E-state index contributed by atoms with van der Waals surface area (Å²) in [6, 6.07) is 11.1. The molecule has 1 aliphatic rings. The Morgan fingerprint density at radius 1 is 1.19 bits per heavy atom. The Labute approximate surface area is 153 Å². The number of carbonyl (C=O) groups is 2. The van der Waals surface area contributed by atoms with E-state index in [-0.39, 0.29) is 30.2 Å². The number of hydrogen-bond donors (Lipinski definition) is 1. The van der Waals surface area contributed by atoms with Gasteiger partial charge in [0.2, 0.25) is 5.91 Å². The van der Waals surface area contributed by atoms with Gasteiger partial charge in [-0.2, -0.15) is 0 Å². The first-order valence-electron chi connectivity index (χ1n) is 8.94. The van der Waals surface area contributed by atoms with Crippen molar-refractivity contribution in [3.8, 4) is 5.75 Å². The quantitative estimate of drug-likeness (QED) is 0.893. The number of amides is 2. The van der Waals surface area contributed by atoms with E-state index in [0.29, 0.717) is 6.54 Å². The Balaban J connectivity index is 1.69. The van der Waals surface area contributed by atoms with E-state index in [1.807, 2.05) is 29.2 Å². The van der Waals surface area contributed by atoms with Gasteiger partial charge < -0.3 is 19.4 Å². The fraction of sp³-hybridized carbons (Fsp3) is 0.400. The molecule has 26 heavy (non-hydrogen) atoms. The minimum Gasteiger partial charge on any atom is -0.497 e. The number of hydrogen-bond acceptors (Lipinski definition) is 4. The molecule has 0 spiro atoms. The van der Waals surface area contributed by atoms with E-state index in [1.54, 1.807) is 19.2 Å². The summed E-state index contributed by atoms with van der Waals surface area (Å²) in [6.07, 6.45) is 5.52. The predicted octanol–water partition coefficient (Wildman–Crippen LogP) is 3.16. The predicted molar refractivity (Wildman–Crippen MR) is 97.0 cm³/mol. The van der Waals surface area contributed by atoms with E-state index >= 15 is 0 Å². The van der Waals surface area contributed by atoms with Crippen molar-refractivity contribution in [1.29, 1.82) is 0 Å². The van der Waals surface area contributed by atoms with Crippen molar-refractivity contribution in [3.05, 3.63) is 54.0 Å². The third kappa shape index (κ3) is 4.25. The van der Waals surface area contributed by atoms with Gasteiger partial charge in [0.25, 0.3) is 5.91 Å². The summed E-state index contributed by atoms with van der Waals surface area (Å²) >= 11 is 0. The summed E-state index contributed by atoms with van der Waals surface area (Å²) in [6.45, 7) is 0.665. The molecule has 3 rings (SSSR count). The maximum absolute atomic E-state index is 12.8. The number of nitrogens with zero attached hydrogens (tertiary/aromatic N) is 1. The van der Waals surface area contributed by atoms with E-state index < -0.39 is 0 Å². The molecule has 0 saturated carbocycles. The molecule has 6 heteroatoms. The third-order valence-electron chi connectivity index (χ3n) is 4.72. The van der Waals surface area contributed by atoms with Crippen molar-refractivity contribution in [1.82, 2.24) is 10.2 Å². The van der Waals surface area contributed by atoms with Gasteiger partial charge in [-0.25, -0.2) is 0 Å². The molecular formula is C20H24N2O4. The number of furan rings is 1. The van der Waals surface area contributed by atoms with Gasteiger partial charge in [0.05, 0.1) is 26.0 Å². The van der Waals surface area contributed by atoms with Crippen molar-refractivity contribution >= 4 is 11.8 Å². The van der Waals surface area contributed by atoms with Gasteiger partial charge in [-0.3, -0.25) is 9.59 Å². The van der Waals surface area contributed by atoms with Crippen LogP contribution in [0, 0.1) is 0 Å². The molecule has 1 fully saturated rings. The van der Waals surface area contributed by atoms with Crippen molar-refractivity contribution in [3.63, 3.8) is 0 Å². The third-order valence-corrected chi connectivity index (χ3v) is 4.72. The second-order valence-corrected chi connectivity index (χ2v) is 6.39. The average molecular weight is 356 g/mol. The Bertz CT molecular complexity index is 725. The van der Waals surface area contributed by atoms with E-state index in [9.17, 15) is 9.59 Å². The number of likely N-dealkylation sites (tertiary alicyclic amines) is 1. The SMILES string of the molecule is COc1ccc([C@@H]2CCCCCN2C(=O)CNC(=O)c2ccco2)cc1. The van der Waals surface area contributed by atoms with Gasteiger partial charge in [-0.1, -0.05) is 25.0 Å². The second kappa shape index (κ2) is 8.56. The average Bonchev–Trinajstić information content (AvgIpc) is 3.11. The summed E-state index contributed by atoms with van der Waals surface area (Å²) in [5.74, 6) is 0.554. The van der Waals surface area contributed by atoms with E-state index in [0.717, 1.165) is 37.0 Å². The molecule has 1 atom stereocenters. The molecular weight excluding hydrogens is 332 g/mol. The zero-order chi connectivity index (χ0) is 18.4. The maximum Gasteiger partial charge on any atom is 0.287 e. The minimum atomic E-state index is -0.376. The lowest BCUT2D eigenvalue weighted by Crippen LogP contribution is -2.42. The number of carbonyl (C=O) groups excluding carboxylic acids is 2. The van der Waals surface area contributed by atoms with Crippen molar-refractivity contribution in [2.45, 2.75) is 31.7 Å². The maximum atomic E-state index is 12.8. The van der Waals surface area contributed by atoms with Gasteiger partial charge in [-0.15, -0.1) is 0 Å². The molecule has 1 aromatic carbocycles. The zero-order valence-electron chi connectivity index (χ0n) is 14.9. The highest BCUT2D eigenvalue weighted by atomic mass is 16.5. The van der Waals surface area contributed by atoms with Crippen LogP contribution in [-0.2, 0) is 4.79 Å². The van der Waals surface area contributed by atoms with Crippen LogP contribution in [0.2, 0.25) is 0 Å². The number of ether oxygens (including phenoxy) is 1. The normalized spacial score (nSPS) is 17.4. The van der Waals surface area contributed by atoms with Gasteiger partial charge >= 0.3 is 0 Å². The van der Waals surface area contributed by atoms with Crippen LogP contribution < -0.4 is 10.1 Å². The molecule has 2 heterocycles. The smallest absolute Gasteiger partial charge is 0.287 e. The Kier molecular flexibility index (Phi) is 5.94. The number of benzene rings is 1. The van der Waals surface area contributed by atoms with Crippen molar-refractivity contribution in [2.75, 3.05) is 20.2 Å².